The van der Waals surface area contributed by atoms with Crippen molar-refractivity contribution in [2.24, 2.45) is 29.4 Å². The zero-order valence-corrected chi connectivity index (χ0v) is 15.7. The van der Waals surface area contributed by atoms with Gasteiger partial charge in [-0.05, 0) is 49.9 Å². The number of amides is 2. The highest BCUT2D eigenvalue weighted by Gasteiger charge is 2.49. The van der Waals surface area contributed by atoms with Gasteiger partial charge >= 0.3 is 0 Å². The third-order valence-corrected chi connectivity index (χ3v) is 6.06. The standard InChI is InChI=1S/C18H31N3O2.ClH/c1-11(2)9-15(22)21-7-5-14(6-8-21)20-18(23)16-12-3-4-13(10-12)17(16)19;/h11-14,16-17H,3-10,19H2,1-2H3,(H,20,23);1H. The van der Waals surface area contributed by atoms with E-state index < -0.39 is 0 Å². The molecule has 1 heterocycles. The summed E-state index contributed by atoms with van der Waals surface area (Å²) in [5.41, 5.74) is 6.26. The number of piperidine rings is 1. The Labute approximate surface area is 151 Å². The van der Waals surface area contributed by atoms with Gasteiger partial charge < -0.3 is 16.0 Å². The summed E-state index contributed by atoms with van der Waals surface area (Å²) in [6.45, 7) is 5.67. The van der Waals surface area contributed by atoms with Crippen LogP contribution in [0.4, 0.5) is 0 Å². The van der Waals surface area contributed by atoms with Crippen LogP contribution < -0.4 is 11.1 Å². The normalized spacial score (nSPS) is 32.8. The summed E-state index contributed by atoms with van der Waals surface area (Å²) in [4.78, 5) is 26.7. The van der Waals surface area contributed by atoms with Crippen molar-refractivity contribution in [3.8, 4) is 0 Å². The lowest BCUT2D eigenvalue weighted by molar-refractivity contribution is -0.133. The predicted octanol–water partition coefficient (Wildman–Crippen LogP) is 1.93. The average molecular weight is 358 g/mol. The highest BCUT2D eigenvalue weighted by molar-refractivity contribution is 5.85. The molecule has 6 heteroatoms. The molecular weight excluding hydrogens is 326 g/mol. The van der Waals surface area contributed by atoms with Crippen molar-refractivity contribution < 1.29 is 9.59 Å². The van der Waals surface area contributed by atoms with Crippen LogP contribution >= 0.6 is 12.4 Å². The summed E-state index contributed by atoms with van der Waals surface area (Å²) in [6, 6.07) is 0.262. The number of hydrogen-bond acceptors (Lipinski definition) is 3. The molecule has 5 nitrogen and oxygen atoms in total. The number of hydrogen-bond donors (Lipinski definition) is 2. The smallest absolute Gasteiger partial charge is 0.225 e. The summed E-state index contributed by atoms with van der Waals surface area (Å²) >= 11 is 0. The SMILES string of the molecule is CC(C)CC(=O)N1CCC(NC(=O)C2C3CCC(C3)C2N)CC1.Cl. The molecule has 0 radical (unpaired) electrons. The van der Waals surface area contributed by atoms with Crippen molar-refractivity contribution in [2.75, 3.05) is 13.1 Å². The van der Waals surface area contributed by atoms with E-state index in [1.807, 2.05) is 4.90 Å². The van der Waals surface area contributed by atoms with Crippen LogP contribution in [0.5, 0.6) is 0 Å². The maximum atomic E-state index is 12.6. The van der Waals surface area contributed by atoms with Crippen molar-refractivity contribution in [2.45, 2.75) is 64.5 Å². The van der Waals surface area contributed by atoms with Crippen LogP contribution in [-0.4, -0.2) is 41.9 Å². The first-order chi connectivity index (χ1) is 11.0. The Hall–Kier alpha value is -0.810. The van der Waals surface area contributed by atoms with E-state index in [0.29, 0.717) is 24.2 Å². The largest absolute Gasteiger partial charge is 0.353 e. The molecule has 2 amide bonds. The summed E-state index contributed by atoms with van der Waals surface area (Å²) in [5.74, 6) is 1.90. The highest BCUT2D eigenvalue weighted by Crippen LogP contribution is 2.47. The second kappa shape index (κ2) is 8.05. The predicted molar refractivity (Wildman–Crippen MR) is 96.7 cm³/mol. The Kier molecular flexibility index (Phi) is 6.54. The van der Waals surface area contributed by atoms with Gasteiger partial charge in [-0.1, -0.05) is 13.8 Å². The van der Waals surface area contributed by atoms with Crippen LogP contribution in [0.1, 0.15) is 52.4 Å². The Bertz CT molecular complexity index is 461. The third-order valence-electron chi connectivity index (χ3n) is 6.06. The molecule has 0 spiro atoms. The lowest BCUT2D eigenvalue weighted by Crippen LogP contribution is -2.51. The van der Waals surface area contributed by atoms with Crippen molar-refractivity contribution in [3.05, 3.63) is 0 Å². The first-order valence-electron chi connectivity index (χ1n) is 9.29. The fraction of sp³-hybridized carbons (Fsp3) is 0.889. The number of fused-ring (bicyclic) bond motifs is 2. The molecule has 0 aromatic heterocycles. The Morgan fingerprint density at radius 2 is 1.75 bits per heavy atom. The van der Waals surface area contributed by atoms with E-state index in [2.05, 4.69) is 19.2 Å². The molecule has 3 rings (SSSR count). The van der Waals surface area contributed by atoms with Crippen molar-refractivity contribution in [1.29, 1.82) is 0 Å². The molecule has 1 saturated heterocycles. The molecule has 3 aliphatic rings. The number of nitrogens with zero attached hydrogens (tertiary/aromatic N) is 1. The summed E-state index contributed by atoms with van der Waals surface area (Å²) in [6.07, 6.45) is 5.86. The van der Waals surface area contributed by atoms with Crippen LogP contribution in [0.2, 0.25) is 0 Å². The molecule has 1 aliphatic heterocycles. The Balaban J connectivity index is 0.00000208. The summed E-state index contributed by atoms with van der Waals surface area (Å²) < 4.78 is 0. The van der Waals surface area contributed by atoms with Crippen LogP contribution in [0, 0.1) is 23.7 Å². The third kappa shape index (κ3) is 4.05. The molecular formula is C18H32ClN3O2. The number of carbonyl (C=O) groups is 2. The van der Waals surface area contributed by atoms with E-state index >= 15 is 0 Å². The molecule has 4 unspecified atom stereocenters. The molecule has 0 aromatic rings. The lowest BCUT2D eigenvalue weighted by Gasteiger charge is -2.34. The maximum Gasteiger partial charge on any atom is 0.225 e. The minimum Gasteiger partial charge on any atom is -0.353 e. The van der Waals surface area contributed by atoms with E-state index in [0.717, 1.165) is 32.4 Å². The lowest BCUT2D eigenvalue weighted by atomic mass is 9.84. The zero-order valence-electron chi connectivity index (χ0n) is 14.9. The van der Waals surface area contributed by atoms with Gasteiger partial charge in [-0.25, -0.2) is 0 Å². The molecule has 0 aromatic carbocycles. The van der Waals surface area contributed by atoms with Gasteiger partial charge in [-0.15, -0.1) is 12.4 Å². The van der Waals surface area contributed by atoms with Gasteiger partial charge in [-0.2, -0.15) is 0 Å². The number of likely N-dealkylation sites (tertiary alicyclic amines) is 1. The van der Waals surface area contributed by atoms with Gasteiger partial charge in [0.1, 0.15) is 0 Å². The number of rotatable bonds is 4. The van der Waals surface area contributed by atoms with Gasteiger partial charge in [0, 0.05) is 31.6 Å². The van der Waals surface area contributed by atoms with E-state index in [4.69, 9.17) is 5.73 Å². The zero-order chi connectivity index (χ0) is 16.6. The van der Waals surface area contributed by atoms with Crippen LogP contribution in [0.15, 0.2) is 0 Å². The number of halogens is 1. The van der Waals surface area contributed by atoms with Gasteiger partial charge in [0.25, 0.3) is 0 Å². The minimum absolute atomic E-state index is 0. The summed E-state index contributed by atoms with van der Waals surface area (Å²) in [5, 5.41) is 3.22. The molecule has 3 fully saturated rings. The second-order valence-electron chi connectivity index (χ2n) is 8.20. The number of nitrogens with one attached hydrogen (secondary N) is 1. The van der Waals surface area contributed by atoms with E-state index in [1.165, 1.54) is 12.8 Å². The second-order valence-corrected chi connectivity index (χ2v) is 8.20. The van der Waals surface area contributed by atoms with Gasteiger partial charge in [0.15, 0.2) is 0 Å². The van der Waals surface area contributed by atoms with Gasteiger partial charge in [0.2, 0.25) is 11.8 Å². The quantitative estimate of drug-likeness (QED) is 0.807. The molecule has 3 N–H and O–H groups in total. The van der Waals surface area contributed by atoms with Crippen molar-refractivity contribution in [3.63, 3.8) is 0 Å². The van der Waals surface area contributed by atoms with Gasteiger partial charge in [-0.3, -0.25) is 9.59 Å². The Morgan fingerprint density at radius 1 is 1.12 bits per heavy atom. The topological polar surface area (TPSA) is 75.4 Å². The summed E-state index contributed by atoms with van der Waals surface area (Å²) in [7, 11) is 0. The molecule has 2 saturated carbocycles. The molecule has 2 bridgehead atoms. The molecule has 2 aliphatic carbocycles. The minimum atomic E-state index is 0. The van der Waals surface area contributed by atoms with Crippen LogP contribution in [0.3, 0.4) is 0 Å². The molecule has 4 atom stereocenters. The van der Waals surface area contributed by atoms with Crippen molar-refractivity contribution >= 4 is 24.2 Å². The van der Waals surface area contributed by atoms with E-state index in [-0.39, 0.29) is 42.2 Å². The first-order valence-corrected chi connectivity index (χ1v) is 9.29. The molecule has 138 valence electrons. The van der Waals surface area contributed by atoms with Gasteiger partial charge in [0.05, 0.1) is 5.92 Å². The number of nitrogens with two attached hydrogens (primary N) is 1. The van der Waals surface area contributed by atoms with E-state index in [1.54, 1.807) is 0 Å². The van der Waals surface area contributed by atoms with E-state index in [9.17, 15) is 9.59 Å². The van der Waals surface area contributed by atoms with Crippen LogP contribution in [0.25, 0.3) is 0 Å². The van der Waals surface area contributed by atoms with Crippen molar-refractivity contribution in [1.82, 2.24) is 10.2 Å². The Morgan fingerprint density at radius 3 is 2.29 bits per heavy atom. The fourth-order valence-corrected chi connectivity index (χ4v) is 4.77. The number of carbonyl (C=O) groups excluding carboxylic acids is 2. The highest BCUT2D eigenvalue weighted by atomic mass is 35.5. The average Bonchev–Trinajstić information content (AvgIpc) is 3.08. The molecule has 24 heavy (non-hydrogen) atoms. The maximum absolute atomic E-state index is 12.6. The monoisotopic (exact) mass is 357 g/mol. The van der Waals surface area contributed by atoms with Crippen LogP contribution in [-0.2, 0) is 9.59 Å². The fourth-order valence-electron chi connectivity index (χ4n) is 4.77. The first kappa shape index (κ1) is 19.5.